The van der Waals surface area contributed by atoms with Crippen LogP contribution in [0.1, 0.15) is 27.9 Å². The summed E-state index contributed by atoms with van der Waals surface area (Å²) < 4.78 is 11.2. The lowest BCUT2D eigenvalue weighted by atomic mass is 10.1. The summed E-state index contributed by atoms with van der Waals surface area (Å²) in [7, 11) is 1.48. The molecule has 0 bridgehead atoms. The van der Waals surface area contributed by atoms with Gasteiger partial charge in [0.1, 0.15) is 18.1 Å². The number of aliphatic hydroxyl groups excluding tert-OH is 1. The number of urea groups is 1. The number of nitrogens with two attached hydrogens (primary N) is 1. The number of hydrogen-bond acceptors (Lipinski definition) is 7. The zero-order valence-corrected chi connectivity index (χ0v) is 22.2. The lowest BCUT2D eigenvalue weighted by molar-refractivity contribution is -0.132. The molecule has 0 aromatic heterocycles. The van der Waals surface area contributed by atoms with Crippen molar-refractivity contribution in [3.8, 4) is 11.5 Å². The summed E-state index contributed by atoms with van der Waals surface area (Å²) in [5, 5.41) is 24.9. The molecule has 11 nitrogen and oxygen atoms in total. The molecule has 6 N–H and O–H groups in total. The molecular weight excluding hydrogens is 516 g/mol. The largest absolute Gasteiger partial charge is 0.495 e. The zero-order valence-electron chi connectivity index (χ0n) is 22.2. The second kappa shape index (κ2) is 12.4. The highest BCUT2D eigenvalue weighted by Crippen LogP contribution is 2.28. The number of nitrogens with one attached hydrogen (secondary N) is 2. The molecule has 1 saturated heterocycles. The van der Waals surface area contributed by atoms with Gasteiger partial charge in [-0.25, -0.2) is 9.59 Å². The van der Waals surface area contributed by atoms with Crippen LogP contribution in [0.25, 0.3) is 0 Å². The molecule has 1 aliphatic rings. The molecule has 0 spiro atoms. The number of carbonyl (C=O) groups excluding carboxylic acids is 2. The number of rotatable bonds is 9. The number of para-hydroxylation sites is 1. The minimum atomic E-state index is -1.10. The first-order valence-corrected chi connectivity index (χ1v) is 12.7. The Labute approximate surface area is 231 Å². The van der Waals surface area contributed by atoms with E-state index in [0.29, 0.717) is 34.9 Å². The van der Waals surface area contributed by atoms with Gasteiger partial charge in [-0.15, -0.1) is 0 Å². The number of anilines is 3. The summed E-state index contributed by atoms with van der Waals surface area (Å²) in [6, 6.07) is 15.8. The first-order chi connectivity index (χ1) is 19.1. The summed E-state index contributed by atoms with van der Waals surface area (Å²) >= 11 is 0. The van der Waals surface area contributed by atoms with E-state index in [-0.39, 0.29) is 36.7 Å². The van der Waals surface area contributed by atoms with E-state index in [9.17, 15) is 19.5 Å². The van der Waals surface area contributed by atoms with Crippen LogP contribution in [-0.4, -0.2) is 65.4 Å². The average Bonchev–Trinajstić information content (AvgIpc) is 3.30. The number of aromatic carboxylic acids is 1. The van der Waals surface area contributed by atoms with Crippen molar-refractivity contribution in [2.24, 2.45) is 0 Å². The van der Waals surface area contributed by atoms with Crippen LogP contribution in [0.15, 0.2) is 60.7 Å². The summed E-state index contributed by atoms with van der Waals surface area (Å²) in [6.07, 6.45) is -0.316. The van der Waals surface area contributed by atoms with E-state index in [0.717, 1.165) is 5.56 Å². The van der Waals surface area contributed by atoms with Crippen molar-refractivity contribution in [2.45, 2.75) is 31.9 Å². The molecule has 0 aliphatic carbocycles. The second-order valence-electron chi connectivity index (χ2n) is 9.56. The molecule has 0 radical (unpaired) electrons. The number of methoxy groups -OCH3 is 1. The number of amides is 3. The van der Waals surface area contributed by atoms with Gasteiger partial charge in [-0.05, 0) is 60.9 Å². The smallest absolute Gasteiger partial charge is 0.335 e. The fourth-order valence-corrected chi connectivity index (χ4v) is 4.57. The van der Waals surface area contributed by atoms with Crippen molar-refractivity contribution >= 4 is 35.0 Å². The quantitative estimate of drug-likeness (QED) is 0.254. The summed E-state index contributed by atoms with van der Waals surface area (Å²) in [5.41, 5.74) is 8.86. The van der Waals surface area contributed by atoms with Crippen molar-refractivity contribution in [3.05, 3.63) is 77.4 Å². The van der Waals surface area contributed by atoms with E-state index in [2.05, 4.69) is 10.6 Å². The third-order valence-corrected chi connectivity index (χ3v) is 6.66. The number of nitrogens with zero attached hydrogens (tertiary/aromatic N) is 1. The highest BCUT2D eigenvalue weighted by molar-refractivity contribution is 6.01. The molecule has 11 heteroatoms. The number of hydrogen-bond donors (Lipinski definition) is 5. The molecule has 3 amide bonds. The van der Waals surface area contributed by atoms with E-state index in [1.807, 2.05) is 25.1 Å². The van der Waals surface area contributed by atoms with E-state index < -0.39 is 24.1 Å². The molecule has 1 heterocycles. The molecule has 1 aliphatic heterocycles. The number of nitrogen functional groups attached to an aromatic ring is 1. The van der Waals surface area contributed by atoms with Gasteiger partial charge < -0.3 is 41.0 Å². The van der Waals surface area contributed by atoms with Crippen LogP contribution in [0.2, 0.25) is 0 Å². The Morgan fingerprint density at radius 2 is 1.77 bits per heavy atom. The van der Waals surface area contributed by atoms with Crippen LogP contribution in [0.5, 0.6) is 11.5 Å². The van der Waals surface area contributed by atoms with Crippen LogP contribution in [0, 0.1) is 6.92 Å². The minimum Gasteiger partial charge on any atom is -0.495 e. The fraction of sp³-hybridized carbons (Fsp3) is 0.276. The second-order valence-corrected chi connectivity index (χ2v) is 9.56. The third kappa shape index (κ3) is 6.80. The lowest BCUT2D eigenvalue weighted by Gasteiger charge is -2.25. The van der Waals surface area contributed by atoms with E-state index in [1.165, 1.54) is 25.3 Å². The molecule has 3 aromatic rings. The average molecular weight is 549 g/mol. The Morgan fingerprint density at radius 1 is 1.02 bits per heavy atom. The van der Waals surface area contributed by atoms with Gasteiger partial charge in [-0.1, -0.05) is 24.3 Å². The van der Waals surface area contributed by atoms with Gasteiger partial charge in [0.2, 0.25) is 5.91 Å². The molecular formula is C29H32N4O7. The lowest BCUT2D eigenvalue weighted by Crippen LogP contribution is -2.40. The van der Waals surface area contributed by atoms with Crippen LogP contribution >= 0.6 is 0 Å². The number of aryl methyl sites for hydroxylation is 1. The molecule has 4 rings (SSSR count). The molecule has 3 aromatic carbocycles. The molecule has 1 fully saturated rings. The van der Waals surface area contributed by atoms with Crippen molar-refractivity contribution in [1.82, 2.24) is 4.90 Å². The normalized spacial score (nSPS) is 16.3. The Morgan fingerprint density at radius 3 is 2.48 bits per heavy atom. The number of ether oxygens (including phenoxy) is 2. The fourth-order valence-electron chi connectivity index (χ4n) is 4.57. The first kappa shape index (κ1) is 28.2. The van der Waals surface area contributed by atoms with Crippen LogP contribution in [0.4, 0.5) is 21.9 Å². The maximum atomic E-state index is 13.2. The molecule has 210 valence electrons. The predicted octanol–water partition coefficient (Wildman–Crippen LogP) is 3.51. The van der Waals surface area contributed by atoms with Crippen LogP contribution in [0.3, 0.4) is 0 Å². The maximum absolute atomic E-state index is 13.2. The van der Waals surface area contributed by atoms with Crippen molar-refractivity contribution < 1.29 is 34.1 Å². The number of carboxylic acid groups (broad SMARTS) is 1. The zero-order chi connectivity index (χ0) is 28.8. The monoisotopic (exact) mass is 548 g/mol. The Balaban J connectivity index is 1.38. The van der Waals surface area contributed by atoms with Gasteiger partial charge in [-0.3, -0.25) is 4.79 Å². The van der Waals surface area contributed by atoms with Gasteiger partial charge in [0.15, 0.2) is 0 Å². The van der Waals surface area contributed by atoms with Crippen molar-refractivity contribution in [3.63, 3.8) is 0 Å². The number of carboxylic acids is 1. The predicted molar refractivity (Wildman–Crippen MR) is 150 cm³/mol. The van der Waals surface area contributed by atoms with E-state index in [1.54, 1.807) is 29.2 Å². The first-order valence-electron chi connectivity index (χ1n) is 12.7. The topological polar surface area (TPSA) is 163 Å². The van der Waals surface area contributed by atoms with Gasteiger partial charge in [0.05, 0.1) is 42.6 Å². The Hall–Kier alpha value is -4.77. The number of likely N-dealkylation sites (tertiary alicyclic amines) is 1. The highest BCUT2D eigenvalue weighted by atomic mass is 16.5. The minimum absolute atomic E-state index is 0.0431. The molecule has 2 unspecified atom stereocenters. The summed E-state index contributed by atoms with van der Waals surface area (Å²) in [4.78, 5) is 38.4. The molecule has 2 atom stereocenters. The highest BCUT2D eigenvalue weighted by Gasteiger charge is 2.35. The maximum Gasteiger partial charge on any atom is 0.335 e. The van der Waals surface area contributed by atoms with Gasteiger partial charge in [0.25, 0.3) is 0 Å². The van der Waals surface area contributed by atoms with E-state index in [4.69, 9.17) is 20.3 Å². The van der Waals surface area contributed by atoms with Gasteiger partial charge in [-0.2, -0.15) is 0 Å². The van der Waals surface area contributed by atoms with Crippen molar-refractivity contribution in [1.29, 1.82) is 0 Å². The van der Waals surface area contributed by atoms with Crippen molar-refractivity contribution in [2.75, 3.05) is 36.6 Å². The molecule has 0 saturated carbocycles. The summed E-state index contributed by atoms with van der Waals surface area (Å²) in [5.74, 6) is -0.607. The third-order valence-electron chi connectivity index (χ3n) is 6.66. The Bertz CT molecular complexity index is 1410. The number of benzene rings is 3. The Kier molecular flexibility index (Phi) is 8.75. The number of aliphatic hydroxyl groups is 1. The standard InChI is InChI=1S/C29H32N4O7/c1-17-5-3-4-6-23(17)31-29(38)32-24-9-7-18(11-26(24)39-2)12-27(35)33-15-21(34)14-20(33)16-40-25-10-8-19(28(36)37)13-22(25)30/h3-11,13,20-21,34H,12,14-16,30H2,1-2H3,(H,36,37)(H2,31,32,38). The number of β-amino-alcohol motifs (C(OH)–C–C–N with tert-alkyl or cyclic N) is 1. The SMILES string of the molecule is COc1cc(CC(=O)N2CC(O)CC2COc2ccc(C(=O)O)cc2N)ccc1NC(=O)Nc1ccccc1C. The van der Waals surface area contributed by atoms with E-state index >= 15 is 0 Å². The van der Waals surface area contributed by atoms with Crippen LogP contribution in [-0.2, 0) is 11.2 Å². The van der Waals surface area contributed by atoms with Gasteiger partial charge >= 0.3 is 12.0 Å². The molecule has 40 heavy (non-hydrogen) atoms. The van der Waals surface area contributed by atoms with Crippen LogP contribution < -0.4 is 25.8 Å². The van der Waals surface area contributed by atoms with Gasteiger partial charge in [0, 0.05) is 12.2 Å². The summed E-state index contributed by atoms with van der Waals surface area (Å²) in [6.45, 7) is 2.14. The number of carbonyl (C=O) groups is 3.